The highest BCUT2D eigenvalue weighted by Crippen LogP contribution is 2.44. The van der Waals surface area contributed by atoms with Crippen LogP contribution in [0.25, 0.3) is 0 Å². The molecular weight excluding hydrogens is 405 g/mol. The number of halogens is 3. The van der Waals surface area contributed by atoms with Crippen molar-refractivity contribution in [1.29, 1.82) is 0 Å². The van der Waals surface area contributed by atoms with E-state index in [9.17, 15) is 18.0 Å². The summed E-state index contributed by atoms with van der Waals surface area (Å²) in [4.78, 5) is 17.7. The van der Waals surface area contributed by atoms with Gasteiger partial charge in [0, 0.05) is 24.3 Å². The standard InChI is InChI=1S/C24H27F3N2O2/c1-17(30)23(16-28-13-3-4-14-28)21-6-5-7-22(31-2)20(21)12-15-29(23)19-10-8-18(9-11-19)24(25,26)27/h5-11H,3-4,12-16H2,1-2H3. The fraction of sp³-hybridized carbons (Fsp3) is 0.458. The highest BCUT2D eigenvalue weighted by Gasteiger charge is 2.49. The van der Waals surface area contributed by atoms with Gasteiger partial charge >= 0.3 is 6.18 Å². The summed E-state index contributed by atoms with van der Waals surface area (Å²) >= 11 is 0. The normalized spacial score (nSPS) is 21.8. The molecule has 1 unspecified atom stereocenters. The summed E-state index contributed by atoms with van der Waals surface area (Å²) < 4.78 is 44.9. The molecule has 166 valence electrons. The molecule has 0 saturated carbocycles. The molecule has 0 radical (unpaired) electrons. The zero-order valence-corrected chi connectivity index (χ0v) is 17.8. The Hall–Kier alpha value is -2.54. The summed E-state index contributed by atoms with van der Waals surface area (Å²) in [6, 6.07) is 10.9. The van der Waals surface area contributed by atoms with E-state index in [1.54, 1.807) is 14.0 Å². The van der Waals surface area contributed by atoms with Crippen molar-refractivity contribution in [1.82, 2.24) is 4.90 Å². The minimum atomic E-state index is -4.40. The molecule has 0 N–H and O–H groups in total. The predicted octanol–water partition coefficient (Wildman–Crippen LogP) is 4.66. The lowest BCUT2D eigenvalue weighted by atomic mass is 9.76. The summed E-state index contributed by atoms with van der Waals surface area (Å²) in [7, 11) is 1.62. The van der Waals surface area contributed by atoms with E-state index in [-0.39, 0.29) is 5.78 Å². The number of likely N-dealkylation sites (tertiary alicyclic amines) is 1. The average molecular weight is 432 g/mol. The topological polar surface area (TPSA) is 32.8 Å². The van der Waals surface area contributed by atoms with E-state index in [2.05, 4.69) is 4.90 Å². The Labute approximate surface area is 180 Å². The molecule has 2 heterocycles. The Morgan fingerprint density at radius 2 is 1.74 bits per heavy atom. The summed E-state index contributed by atoms with van der Waals surface area (Å²) in [6.45, 7) is 4.43. The van der Waals surface area contributed by atoms with E-state index in [0.717, 1.165) is 54.9 Å². The fourth-order valence-corrected chi connectivity index (χ4v) is 5.07. The lowest BCUT2D eigenvalue weighted by Gasteiger charge is -2.50. The van der Waals surface area contributed by atoms with Gasteiger partial charge in [0.25, 0.3) is 0 Å². The van der Waals surface area contributed by atoms with Crippen LogP contribution in [0.4, 0.5) is 18.9 Å². The molecule has 0 aliphatic carbocycles. The van der Waals surface area contributed by atoms with Crippen LogP contribution in [0, 0.1) is 0 Å². The van der Waals surface area contributed by atoms with Crippen molar-refractivity contribution in [2.75, 3.05) is 38.2 Å². The SMILES string of the molecule is COc1cccc2c1CCN(c1ccc(C(F)(F)F)cc1)C2(CN1CCCC1)C(C)=O. The van der Waals surface area contributed by atoms with Crippen molar-refractivity contribution in [3.8, 4) is 5.75 Å². The second kappa shape index (κ2) is 8.19. The van der Waals surface area contributed by atoms with E-state index >= 15 is 0 Å². The molecule has 4 rings (SSSR count). The molecule has 2 aromatic carbocycles. The fourth-order valence-electron chi connectivity index (χ4n) is 5.07. The maximum Gasteiger partial charge on any atom is 0.416 e. The number of carbonyl (C=O) groups excluding carboxylic acids is 1. The van der Waals surface area contributed by atoms with Crippen LogP contribution in [0.15, 0.2) is 42.5 Å². The number of nitrogens with zero attached hydrogens (tertiary/aromatic N) is 2. The maximum absolute atomic E-state index is 13.4. The summed E-state index contributed by atoms with van der Waals surface area (Å²) in [5.41, 5.74) is 0.839. The first-order valence-corrected chi connectivity index (χ1v) is 10.6. The minimum absolute atomic E-state index is 0.0199. The van der Waals surface area contributed by atoms with Gasteiger partial charge in [-0.15, -0.1) is 0 Å². The summed E-state index contributed by atoms with van der Waals surface area (Å²) in [5.74, 6) is 0.727. The van der Waals surface area contributed by atoms with Gasteiger partial charge in [0.15, 0.2) is 5.78 Å². The monoisotopic (exact) mass is 432 g/mol. The van der Waals surface area contributed by atoms with Gasteiger partial charge < -0.3 is 14.5 Å². The second-order valence-electron chi connectivity index (χ2n) is 8.33. The van der Waals surface area contributed by atoms with Crippen LogP contribution in [-0.2, 0) is 22.9 Å². The third kappa shape index (κ3) is 3.80. The van der Waals surface area contributed by atoms with E-state index in [1.807, 2.05) is 23.1 Å². The Kier molecular flexibility index (Phi) is 5.73. The number of anilines is 1. The molecule has 2 aliphatic heterocycles. The molecular formula is C24H27F3N2O2. The number of rotatable bonds is 5. The molecule has 0 spiro atoms. The molecule has 0 aromatic heterocycles. The van der Waals surface area contributed by atoms with Gasteiger partial charge in [-0.2, -0.15) is 13.2 Å². The van der Waals surface area contributed by atoms with Crippen molar-refractivity contribution in [2.45, 2.75) is 37.9 Å². The van der Waals surface area contributed by atoms with Gasteiger partial charge in [0.05, 0.1) is 12.7 Å². The number of ketones is 1. The third-order valence-corrected chi connectivity index (χ3v) is 6.58. The molecule has 0 bridgehead atoms. The molecule has 31 heavy (non-hydrogen) atoms. The first kappa shape index (κ1) is 21.7. The summed E-state index contributed by atoms with van der Waals surface area (Å²) in [6.07, 6.45) is -1.58. The quantitative estimate of drug-likeness (QED) is 0.688. The lowest BCUT2D eigenvalue weighted by molar-refractivity contribution is -0.137. The Bertz CT molecular complexity index is 952. The number of carbonyl (C=O) groups is 1. The van der Waals surface area contributed by atoms with Crippen LogP contribution in [0.2, 0.25) is 0 Å². The Balaban J connectivity index is 1.86. The maximum atomic E-state index is 13.4. The number of ether oxygens (including phenoxy) is 1. The van der Waals surface area contributed by atoms with Gasteiger partial charge in [-0.1, -0.05) is 12.1 Å². The van der Waals surface area contributed by atoms with Gasteiger partial charge in [-0.05, 0) is 75.2 Å². The summed E-state index contributed by atoms with van der Waals surface area (Å²) in [5, 5.41) is 0. The molecule has 2 aliphatic rings. The van der Waals surface area contributed by atoms with Gasteiger partial charge in [0.1, 0.15) is 11.3 Å². The highest BCUT2D eigenvalue weighted by molar-refractivity contribution is 5.93. The number of Topliss-reactive ketones (excluding diaryl/α,β-unsaturated/α-hetero) is 1. The molecule has 1 saturated heterocycles. The van der Waals surface area contributed by atoms with Crippen molar-refractivity contribution in [2.24, 2.45) is 0 Å². The molecule has 4 nitrogen and oxygen atoms in total. The number of benzene rings is 2. The van der Waals surface area contributed by atoms with Gasteiger partial charge in [0.2, 0.25) is 0 Å². The van der Waals surface area contributed by atoms with Gasteiger partial charge in [-0.25, -0.2) is 0 Å². The first-order valence-electron chi connectivity index (χ1n) is 10.6. The molecule has 0 amide bonds. The zero-order valence-electron chi connectivity index (χ0n) is 17.8. The van der Waals surface area contributed by atoms with E-state index in [4.69, 9.17) is 4.74 Å². The lowest BCUT2D eigenvalue weighted by Crippen LogP contribution is -2.60. The smallest absolute Gasteiger partial charge is 0.416 e. The van der Waals surface area contributed by atoms with Gasteiger partial charge in [-0.3, -0.25) is 4.79 Å². The zero-order chi connectivity index (χ0) is 22.2. The second-order valence-corrected chi connectivity index (χ2v) is 8.33. The van der Waals surface area contributed by atoms with Crippen LogP contribution >= 0.6 is 0 Å². The first-order chi connectivity index (χ1) is 14.8. The van der Waals surface area contributed by atoms with Crippen LogP contribution in [-0.4, -0.2) is 44.0 Å². The van der Waals surface area contributed by atoms with Crippen LogP contribution in [0.1, 0.15) is 36.5 Å². The van der Waals surface area contributed by atoms with Crippen LogP contribution in [0.5, 0.6) is 5.75 Å². The number of fused-ring (bicyclic) bond motifs is 1. The van der Waals surface area contributed by atoms with Crippen LogP contribution < -0.4 is 9.64 Å². The average Bonchev–Trinajstić information content (AvgIpc) is 3.25. The largest absolute Gasteiger partial charge is 0.496 e. The van der Waals surface area contributed by atoms with Crippen molar-refractivity contribution >= 4 is 11.5 Å². The van der Waals surface area contributed by atoms with Crippen molar-refractivity contribution in [3.63, 3.8) is 0 Å². The van der Waals surface area contributed by atoms with E-state index in [0.29, 0.717) is 25.2 Å². The number of hydrogen-bond acceptors (Lipinski definition) is 4. The number of alkyl halides is 3. The van der Waals surface area contributed by atoms with Crippen LogP contribution in [0.3, 0.4) is 0 Å². The molecule has 2 aromatic rings. The molecule has 7 heteroatoms. The van der Waals surface area contributed by atoms with E-state index < -0.39 is 17.3 Å². The molecule has 1 atom stereocenters. The van der Waals surface area contributed by atoms with Crippen molar-refractivity contribution < 1.29 is 22.7 Å². The molecule has 1 fully saturated rings. The Morgan fingerprint density at radius 1 is 1.06 bits per heavy atom. The predicted molar refractivity (Wildman–Crippen MR) is 114 cm³/mol. The number of hydrogen-bond donors (Lipinski definition) is 0. The minimum Gasteiger partial charge on any atom is -0.496 e. The van der Waals surface area contributed by atoms with Crippen molar-refractivity contribution in [3.05, 3.63) is 59.2 Å². The number of methoxy groups -OCH3 is 1. The highest BCUT2D eigenvalue weighted by atomic mass is 19.4. The van der Waals surface area contributed by atoms with E-state index in [1.165, 1.54) is 12.1 Å². The third-order valence-electron chi connectivity index (χ3n) is 6.58. The Morgan fingerprint density at radius 3 is 2.32 bits per heavy atom.